The summed E-state index contributed by atoms with van der Waals surface area (Å²) < 4.78 is 11.2. The fourth-order valence-electron chi connectivity index (χ4n) is 1.98. The molecule has 1 atom stereocenters. The minimum absolute atomic E-state index is 0.407. The Bertz CT molecular complexity index is 196. The molecule has 0 amide bonds. The van der Waals surface area contributed by atoms with Crippen LogP contribution in [-0.4, -0.2) is 24.3 Å². The molecule has 2 aliphatic rings. The van der Waals surface area contributed by atoms with Crippen LogP contribution in [0.25, 0.3) is 0 Å². The van der Waals surface area contributed by atoms with Crippen LogP contribution in [0.2, 0.25) is 0 Å². The van der Waals surface area contributed by atoms with Gasteiger partial charge in [0.05, 0.1) is 6.61 Å². The van der Waals surface area contributed by atoms with Gasteiger partial charge in [-0.25, -0.2) is 0 Å². The molecule has 1 aliphatic heterocycles. The van der Waals surface area contributed by atoms with Gasteiger partial charge in [0.25, 0.3) is 0 Å². The van der Waals surface area contributed by atoms with Crippen molar-refractivity contribution in [3.8, 4) is 0 Å². The zero-order valence-electron chi connectivity index (χ0n) is 7.34. The van der Waals surface area contributed by atoms with E-state index in [2.05, 4.69) is 0 Å². The minimum Gasteiger partial charge on any atom is -0.346 e. The second-order valence-corrected chi connectivity index (χ2v) is 3.94. The van der Waals surface area contributed by atoms with Crippen LogP contribution in [-0.2, 0) is 14.3 Å². The molecule has 12 heavy (non-hydrogen) atoms. The van der Waals surface area contributed by atoms with Gasteiger partial charge in [-0.05, 0) is 19.8 Å². The van der Waals surface area contributed by atoms with E-state index in [-0.39, 0.29) is 0 Å². The Morgan fingerprint density at radius 3 is 2.50 bits per heavy atom. The van der Waals surface area contributed by atoms with E-state index >= 15 is 0 Å². The van der Waals surface area contributed by atoms with Crippen molar-refractivity contribution in [2.45, 2.75) is 44.0 Å². The van der Waals surface area contributed by atoms with Crippen LogP contribution in [0.5, 0.6) is 0 Å². The number of hydrogen-bond donors (Lipinski definition) is 0. The first-order valence-corrected chi connectivity index (χ1v) is 4.49. The molecule has 0 aromatic carbocycles. The monoisotopic (exact) mass is 170 g/mol. The SMILES string of the molecule is C[C@@]1(C=O)COC2(CCCC2)O1. The lowest BCUT2D eigenvalue weighted by molar-refractivity contribution is -0.178. The van der Waals surface area contributed by atoms with E-state index in [1.54, 1.807) is 6.92 Å². The van der Waals surface area contributed by atoms with Gasteiger partial charge < -0.3 is 14.3 Å². The van der Waals surface area contributed by atoms with Gasteiger partial charge in [0.15, 0.2) is 12.1 Å². The van der Waals surface area contributed by atoms with Crippen LogP contribution in [0.15, 0.2) is 0 Å². The summed E-state index contributed by atoms with van der Waals surface area (Å²) in [5.41, 5.74) is -0.690. The summed E-state index contributed by atoms with van der Waals surface area (Å²) in [6.07, 6.45) is 5.02. The predicted molar refractivity (Wildman–Crippen MR) is 42.7 cm³/mol. The van der Waals surface area contributed by atoms with Gasteiger partial charge in [0.1, 0.15) is 5.60 Å². The molecule has 2 fully saturated rings. The lowest BCUT2D eigenvalue weighted by atomic mass is 10.1. The van der Waals surface area contributed by atoms with E-state index in [1.165, 1.54) is 0 Å². The number of carbonyl (C=O) groups excluding carboxylic acids is 1. The van der Waals surface area contributed by atoms with Crippen molar-refractivity contribution < 1.29 is 14.3 Å². The minimum atomic E-state index is -0.690. The van der Waals surface area contributed by atoms with E-state index in [0.29, 0.717) is 6.61 Å². The maximum absolute atomic E-state index is 10.7. The van der Waals surface area contributed by atoms with Gasteiger partial charge in [-0.1, -0.05) is 0 Å². The summed E-state index contributed by atoms with van der Waals surface area (Å²) in [4.78, 5) is 10.7. The fraction of sp³-hybridized carbons (Fsp3) is 0.889. The summed E-state index contributed by atoms with van der Waals surface area (Å²) in [6, 6.07) is 0. The molecule has 0 aromatic rings. The number of ether oxygens (including phenoxy) is 2. The number of aldehydes is 1. The summed E-state index contributed by atoms with van der Waals surface area (Å²) in [7, 11) is 0. The first-order chi connectivity index (χ1) is 5.68. The highest BCUT2D eigenvalue weighted by Crippen LogP contribution is 2.42. The molecule has 0 aromatic heterocycles. The van der Waals surface area contributed by atoms with Gasteiger partial charge >= 0.3 is 0 Å². The van der Waals surface area contributed by atoms with E-state index in [9.17, 15) is 4.79 Å². The second kappa shape index (κ2) is 2.54. The molecular formula is C9H14O3. The molecule has 68 valence electrons. The van der Waals surface area contributed by atoms with Gasteiger partial charge in [-0.2, -0.15) is 0 Å². The molecule has 0 bridgehead atoms. The highest BCUT2D eigenvalue weighted by atomic mass is 16.8. The van der Waals surface area contributed by atoms with Crippen molar-refractivity contribution in [1.29, 1.82) is 0 Å². The highest BCUT2D eigenvalue weighted by molar-refractivity contribution is 5.62. The highest BCUT2D eigenvalue weighted by Gasteiger charge is 2.49. The Morgan fingerprint density at radius 2 is 2.00 bits per heavy atom. The summed E-state index contributed by atoms with van der Waals surface area (Å²) in [5, 5.41) is 0. The van der Waals surface area contributed by atoms with Crippen molar-refractivity contribution in [2.75, 3.05) is 6.61 Å². The predicted octanol–water partition coefficient (Wildman–Crippen LogP) is 1.26. The molecule has 1 spiro atoms. The molecule has 1 heterocycles. The maximum Gasteiger partial charge on any atom is 0.169 e. The fourth-order valence-corrected chi connectivity index (χ4v) is 1.98. The largest absolute Gasteiger partial charge is 0.346 e. The molecule has 3 heteroatoms. The van der Waals surface area contributed by atoms with Crippen molar-refractivity contribution in [2.24, 2.45) is 0 Å². The Kier molecular flexibility index (Phi) is 1.73. The van der Waals surface area contributed by atoms with Crippen LogP contribution in [0.4, 0.5) is 0 Å². The molecule has 1 saturated carbocycles. The zero-order valence-corrected chi connectivity index (χ0v) is 7.34. The number of hydrogen-bond acceptors (Lipinski definition) is 3. The molecule has 0 unspecified atom stereocenters. The standard InChI is InChI=1S/C9H14O3/c1-8(6-10)7-11-9(12-8)4-2-3-5-9/h6H,2-5,7H2,1H3/t8-/m1/s1. The maximum atomic E-state index is 10.7. The Labute approximate surface area is 72.0 Å². The van der Waals surface area contributed by atoms with E-state index in [4.69, 9.17) is 9.47 Å². The van der Waals surface area contributed by atoms with E-state index in [1.807, 2.05) is 0 Å². The first-order valence-electron chi connectivity index (χ1n) is 4.49. The third-order valence-corrected chi connectivity index (χ3v) is 2.66. The van der Waals surface area contributed by atoms with Gasteiger partial charge in [0.2, 0.25) is 0 Å². The zero-order chi connectivity index (χ0) is 8.66. The summed E-state index contributed by atoms with van der Waals surface area (Å²) in [5.74, 6) is -0.407. The van der Waals surface area contributed by atoms with Crippen molar-refractivity contribution >= 4 is 6.29 Å². The smallest absolute Gasteiger partial charge is 0.169 e. The molecule has 1 aliphatic carbocycles. The first kappa shape index (κ1) is 8.20. The Balaban J connectivity index is 2.10. The molecule has 3 nitrogen and oxygen atoms in total. The average molecular weight is 170 g/mol. The van der Waals surface area contributed by atoms with Crippen molar-refractivity contribution in [1.82, 2.24) is 0 Å². The van der Waals surface area contributed by atoms with E-state index < -0.39 is 11.4 Å². The summed E-state index contributed by atoms with van der Waals surface area (Å²) in [6.45, 7) is 2.20. The van der Waals surface area contributed by atoms with Crippen LogP contribution in [0.3, 0.4) is 0 Å². The third-order valence-electron chi connectivity index (χ3n) is 2.66. The van der Waals surface area contributed by atoms with Gasteiger partial charge in [-0.3, -0.25) is 0 Å². The molecule has 0 radical (unpaired) electrons. The quantitative estimate of drug-likeness (QED) is 0.556. The second-order valence-electron chi connectivity index (χ2n) is 3.94. The number of carbonyl (C=O) groups is 1. The molecule has 0 N–H and O–H groups in total. The average Bonchev–Trinajstić information content (AvgIpc) is 2.63. The van der Waals surface area contributed by atoms with Crippen molar-refractivity contribution in [3.05, 3.63) is 0 Å². The normalized spacial score (nSPS) is 39.1. The van der Waals surface area contributed by atoms with Crippen LogP contribution in [0.1, 0.15) is 32.6 Å². The van der Waals surface area contributed by atoms with Gasteiger partial charge in [-0.15, -0.1) is 0 Å². The molecular weight excluding hydrogens is 156 g/mol. The summed E-state index contributed by atoms with van der Waals surface area (Å²) >= 11 is 0. The van der Waals surface area contributed by atoms with Gasteiger partial charge in [0, 0.05) is 12.8 Å². The molecule has 1 saturated heterocycles. The lowest BCUT2D eigenvalue weighted by Gasteiger charge is -2.23. The van der Waals surface area contributed by atoms with E-state index in [0.717, 1.165) is 32.0 Å². The number of rotatable bonds is 1. The Hall–Kier alpha value is -0.410. The topological polar surface area (TPSA) is 35.5 Å². The molecule has 2 rings (SSSR count). The Morgan fingerprint density at radius 1 is 1.33 bits per heavy atom. The van der Waals surface area contributed by atoms with Crippen LogP contribution in [0, 0.1) is 0 Å². The lowest BCUT2D eigenvalue weighted by Crippen LogP contribution is -2.33. The van der Waals surface area contributed by atoms with Crippen LogP contribution < -0.4 is 0 Å². The van der Waals surface area contributed by atoms with Crippen molar-refractivity contribution in [3.63, 3.8) is 0 Å². The van der Waals surface area contributed by atoms with Crippen LogP contribution >= 0.6 is 0 Å². The third kappa shape index (κ3) is 1.17.